The zero-order chi connectivity index (χ0) is 22.5. The molecule has 3 aromatic rings. The lowest BCUT2D eigenvalue weighted by Crippen LogP contribution is -2.41. The van der Waals surface area contributed by atoms with Crippen LogP contribution in [0.5, 0.6) is 5.75 Å². The Kier molecular flexibility index (Phi) is 7.24. The Morgan fingerprint density at radius 1 is 1.06 bits per heavy atom. The van der Waals surface area contributed by atoms with Gasteiger partial charge in [0.15, 0.2) is 6.61 Å². The van der Waals surface area contributed by atoms with E-state index in [1.54, 1.807) is 53.4 Å². The monoisotopic (exact) mass is 490 g/mol. The van der Waals surface area contributed by atoms with Gasteiger partial charge in [0.25, 0.3) is 11.8 Å². The first-order valence-corrected chi connectivity index (χ1v) is 11.6. The highest BCUT2D eigenvalue weighted by Gasteiger charge is 2.28. The van der Waals surface area contributed by atoms with E-state index in [0.717, 1.165) is 17.8 Å². The summed E-state index contributed by atoms with van der Waals surface area (Å²) in [5, 5.41) is 13.3. The molecule has 0 saturated carbocycles. The van der Waals surface area contributed by atoms with Gasteiger partial charge in [0, 0.05) is 34.7 Å². The van der Waals surface area contributed by atoms with E-state index >= 15 is 0 Å². The first kappa shape index (κ1) is 22.5. The Balaban J connectivity index is 1.33. The van der Waals surface area contributed by atoms with Crippen LogP contribution >= 0.6 is 34.5 Å². The lowest BCUT2D eigenvalue weighted by Gasteiger charge is -2.31. The molecule has 0 radical (unpaired) electrons. The number of halogens is 2. The van der Waals surface area contributed by atoms with Crippen LogP contribution in [-0.2, 0) is 4.79 Å². The third kappa shape index (κ3) is 5.76. The minimum atomic E-state index is -0.323. The summed E-state index contributed by atoms with van der Waals surface area (Å²) >= 11 is 13.0. The van der Waals surface area contributed by atoms with Crippen LogP contribution in [0.25, 0.3) is 0 Å². The van der Waals surface area contributed by atoms with Crippen molar-refractivity contribution in [3.05, 3.63) is 68.6 Å². The van der Waals surface area contributed by atoms with Gasteiger partial charge in [-0.1, -0.05) is 34.5 Å². The van der Waals surface area contributed by atoms with E-state index in [1.165, 1.54) is 11.3 Å². The molecule has 1 aliphatic rings. The topological polar surface area (TPSA) is 84.4 Å². The van der Waals surface area contributed by atoms with Crippen molar-refractivity contribution >= 4 is 52.0 Å². The molecule has 1 saturated heterocycles. The summed E-state index contributed by atoms with van der Waals surface area (Å²) in [6, 6.07) is 13.7. The molecule has 2 amide bonds. The minimum absolute atomic E-state index is 0.0396. The molecule has 1 N–H and O–H groups in total. The Hall–Kier alpha value is -2.68. The van der Waals surface area contributed by atoms with Crippen LogP contribution in [0.2, 0.25) is 10.0 Å². The second kappa shape index (κ2) is 10.3. The van der Waals surface area contributed by atoms with Crippen LogP contribution in [-0.4, -0.2) is 46.6 Å². The van der Waals surface area contributed by atoms with Gasteiger partial charge < -0.3 is 15.0 Å². The van der Waals surface area contributed by atoms with E-state index in [0.29, 0.717) is 34.6 Å². The van der Waals surface area contributed by atoms with Gasteiger partial charge >= 0.3 is 0 Å². The predicted molar refractivity (Wildman–Crippen MR) is 125 cm³/mol. The number of nitrogens with zero attached hydrogens (tertiary/aromatic N) is 3. The second-order valence-electron chi connectivity index (χ2n) is 7.33. The first-order chi connectivity index (χ1) is 15.5. The number of hydrogen-bond donors (Lipinski definition) is 1. The number of likely N-dealkylation sites (tertiary alicyclic amines) is 1. The predicted octanol–water partition coefficient (Wildman–Crippen LogP) is 4.88. The average Bonchev–Trinajstić information content (AvgIpc) is 3.31. The molecule has 0 bridgehead atoms. The lowest BCUT2D eigenvalue weighted by molar-refractivity contribution is -0.134. The molecule has 2 heterocycles. The number of carbonyl (C=O) groups excluding carboxylic acids is 2. The molecule has 2 aromatic carbocycles. The number of piperidine rings is 1. The van der Waals surface area contributed by atoms with Gasteiger partial charge in [-0.2, -0.15) is 0 Å². The number of ether oxygens (including phenoxy) is 1. The Morgan fingerprint density at radius 2 is 1.75 bits per heavy atom. The van der Waals surface area contributed by atoms with Gasteiger partial charge in [-0.25, -0.2) is 0 Å². The van der Waals surface area contributed by atoms with Crippen LogP contribution in [0, 0.1) is 0 Å². The fourth-order valence-electron chi connectivity index (χ4n) is 3.38. The van der Waals surface area contributed by atoms with E-state index in [2.05, 4.69) is 15.5 Å². The van der Waals surface area contributed by atoms with Crippen molar-refractivity contribution in [3.63, 3.8) is 0 Å². The Morgan fingerprint density at radius 3 is 2.47 bits per heavy atom. The number of amides is 2. The van der Waals surface area contributed by atoms with Gasteiger partial charge in [0.05, 0.1) is 0 Å². The summed E-state index contributed by atoms with van der Waals surface area (Å²) in [6.45, 7) is 1.15. The number of rotatable bonds is 6. The molecule has 4 rings (SSSR count). The molecule has 10 heteroatoms. The number of benzene rings is 2. The smallest absolute Gasteiger partial charge is 0.286 e. The molecule has 0 spiro atoms. The van der Waals surface area contributed by atoms with Crippen LogP contribution in [0.4, 0.5) is 5.69 Å². The van der Waals surface area contributed by atoms with E-state index in [9.17, 15) is 9.59 Å². The van der Waals surface area contributed by atoms with E-state index < -0.39 is 0 Å². The minimum Gasteiger partial charge on any atom is -0.484 e. The molecule has 1 atom stereocenters. The van der Waals surface area contributed by atoms with E-state index in [-0.39, 0.29) is 29.3 Å². The Bertz CT molecular complexity index is 1090. The van der Waals surface area contributed by atoms with Crippen molar-refractivity contribution in [1.29, 1.82) is 0 Å². The lowest BCUT2D eigenvalue weighted by atomic mass is 9.99. The highest BCUT2D eigenvalue weighted by molar-refractivity contribution is 7.13. The fourth-order valence-corrected chi connectivity index (χ4v) is 4.50. The fraction of sp³-hybridized carbons (Fsp3) is 0.273. The second-order valence-corrected chi connectivity index (χ2v) is 9.21. The largest absolute Gasteiger partial charge is 0.484 e. The van der Waals surface area contributed by atoms with Gasteiger partial charge in [0.2, 0.25) is 5.01 Å². The zero-order valence-corrected chi connectivity index (χ0v) is 19.3. The highest BCUT2D eigenvalue weighted by Crippen LogP contribution is 2.29. The summed E-state index contributed by atoms with van der Waals surface area (Å²) in [5.41, 5.74) is 0.631. The van der Waals surface area contributed by atoms with Crippen LogP contribution in [0.3, 0.4) is 0 Å². The molecule has 1 aliphatic heterocycles. The maximum Gasteiger partial charge on any atom is 0.286 e. The molecule has 32 heavy (non-hydrogen) atoms. The molecule has 7 nitrogen and oxygen atoms in total. The highest BCUT2D eigenvalue weighted by atomic mass is 35.5. The zero-order valence-electron chi connectivity index (χ0n) is 17.0. The number of nitrogens with one attached hydrogen (secondary N) is 1. The van der Waals surface area contributed by atoms with Crippen LogP contribution in [0.1, 0.15) is 33.6 Å². The van der Waals surface area contributed by atoms with Crippen molar-refractivity contribution < 1.29 is 14.3 Å². The number of hydrogen-bond acceptors (Lipinski definition) is 6. The molecule has 1 fully saturated rings. The summed E-state index contributed by atoms with van der Waals surface area (Å²) in [7, 11) is 0. The summed E-state index contributed by atoms with van der Waals surface area (Å²) < 4.78 is 5.58. The van der Waals surface area contributed by atoms with E-state index in [4.69, 9.17) is 27.9 Å². The van der Waals surface area contributed by atoms with E-state index in [1.807, 2.05) is 0 Å². The Labute approximate surface area is 199 Å². The van der Waals surface area contributed by atoms with Crippen LogP contribution < -0.4 is 10.1 Å². The average molecular weight is 491 g/mol. The van der Waals surface area contributed by atoms with Gasteiger partial charge in [-0.15, -0.1) is 10.2 Å². The first-order valence-electron chi connectivity index (χ1n) is 10.0. The van der Waals surface area contributed by atoms with Gasteiger partial charge in [0.1, 0.15) is 10.8 Å². The van der Waals surface area contributed by atoms with Crippen molar-refractivity contribution in [3.8, 4) is 5.75 Å². The summed E-state index contributed by atoms with van der Waals surface area (Å²) in [6.07, 6.45) is 1.73. The standard InChI is InChI=1S/C22H20Cl2N4O3S/c23-15-3-7-17(8-4-15)25-20(30)22-27-26-21(32-22)14-2-1-11-28(12-14)19(29)13-31-18-9-5-16(24)6-10-18/h3-10,14H,1-2,11-13H2,(H,25,30)/t14-/m0/s1. The number of anilines is 1. The molecular weight excluding hydrogens is 471 g/mol. The molecular formula is C22H20Cl2N4O3S. The maximum absolute atomic E-state index is 12.6. The van der Waals surface area contributed by atoms with Crippen LogP contribution in [0.15, 0.2) is 48.5 Å². The normalized spacial score (nSPS) is 15.9. The molecule has 0 unspecified atom stereocenters. The summed E-state index contributed by atoms with van der Waals surface area (Å²) in [5.74, 6) is 0.223. The van der Waals surface area contributed by atoms with Crippen molar-refractivity contribution in [2.75, 3.05) is 25.0 Å². The van der Waals surface area contributed by atoms with Crippen molar-refractivity contribution in [1.82, 2.24) is 15.1 Å². The SMILES string of the molecule is O=C(Nc1ccc(Cl)cc1)c1nnc([C@H]2CCCN(C(=O)COc3ccc(Cl)cc3)C2)s1. The molecule has 166 valence electrons. The van der Waals surface area contributed by atoms with Crippen molar-refractivity contribution in [2.45, 2.75) is 18.8 Å². The third-order valence-electron chi connectivity index (χ3n) is 5.04. The maximum atomic E-state index is 12.6. The van der Waals surface area contributed by atoms with Gasteiger partial charge in [-0.3, -0.25) is 9.59 Å². The quantitative estimate of drug-likeness (QED) is 0.531. The molecule has 0 aliphatic carbocycles. The van der Waals surface area contributed by atoms with Gasteiger partial charge in [-0.05, 0) is 61.4 Å². The summed E-state index contributed by atoms with van der Waals surface area (Å²) in [4.78, 5) is 26.9. The number of carbonyl (C=O) groups is 2. The third-order valence-corrected chi connectivity index (χ3v) is 6.62. The number of aromatic nitrogens is 2. The molecule has 1 aromatic heterocycles. The van der Waals surface area contributed by atoms with Crippen molar-refractivity contribution in [2.24, 2.45) is 0 Å².